The Morgan fingerprint density at radius 1 is 1.04 bits per heavy atom. The van der Waals surface area contributed by atoms with Crippen molar-refractivity contribution in [1.29, 1.82) is 0 Å². The Balaban J connectivity index is 1.58. The highest BCUT2D eigenvalue weighted by Gasteiger charge is 2.15. The first-order chi connectivity index (χ1) is 12.7. The van der Waals surface area contributed by atoms with Crippen molar-refractivity contribution in [3.8, 4) is 0 Å². The van der Waals surface area contributed by atoms with Gasteiger partial charge in [0.1, 0.15) is 5.52 Å². The highest BCUT2D eigenvalue weighted by molar-refractivity contribution is 6.02. The van der Waals surface area contributed by atoms with Crippen molar-refractivity contribution >= 4 is 28.3 Å². The van der Waals surface area contributed by atoms with Gasteiger partial charge in [0.05, 0.1) is 18.7 Å². The molecule has 1 aliphatic heterocycles. The second-order valence-corrected chi connectivity index (χ2v) is 6.23. The van der Waals surface area contributed by atoms with Crippen LogP contribution in [-0.4, -0.2) is 47.4 Å². The molecular weight excluding hydrogens is 330 g/mol. The minimum Gasteiger partial charge on any atom is -0.378 e. The largest absolute Gasteiger partial charge is 0.378 e. The molecule has 26 heavy (non-hydrogen) atoms. The van der Waals surface area contributed by atoms with Gasteiger partial charge in [-0.05, 0) is 37.3 Å². The van der Waals surface area contributed by atoms with Crippen LogP contribution in [-0.2, 0) is 4.74 Å². The van der Waals surface area contributed by atoms with Crippen molar-refractivity contribution in [3.63, 3.8) is 0 Å². The van der Waals surface area contributed by atoms with Crippen LogP contribution in [0.25, 0.3) is 11.0 Å². The molecule has 3 aromatic rings. The molecule has 0 aliphatic carbocycles. The van der Waals surface area contributed by atoms with Gasteiger partial charge < -0.3 is 15.0 Å². The number of ether oxygens (including phenoxy) is 1. The third-order valence-corrected chi connectivity index (χ3v) is 4.33. The van der Waals surface area contributed by atoms with Crippen LogP contribution in [0.15, 0.2) is 42.5 Å². The number of aryl methyl sites for hydroxylation is 1. The molecule has 2 heterocycles. The zero-order valence-electron chi connectivity index (χ0n) is 14.5. The molecule has 1 amide bonds. The van der Waals surface area contributed by atoms with E-state index in [2.05, 4.69) is 25.4 Å². The summed E-state index contributed by atoms with van der Waals surface area (Å²) in [6, 6.07) is 13.4. The van der Waals surface area contributed by atoms with Crippen molar-refractivity contribution in [3.05, 3.63) is 53.9 Å². The summed E-state index contributed by atoms with van der Waals surface area (Å²) in [7, 11) is 0. The predicted molar refractivity (Wildman–Crippen MR) is 99.5 cm³/mol. The number of hydrogen-bond acceptors (Lipinski definition) is 6. The highest BCUT2D eigenvalue weighted by Crippen LogP contribution is 2.20. The molecule has 0 radical (unpaired) electrons. The van der Waals surface area contributed by atoms with E-state index in [1.54, 1.807) is 0 Å². The van der Waals surface area contributed by atoms with Gasteiger partial charge in [0.15, 0.2) is 0 Å². The quantitative estimate of drug-likeness (QED) is 0.782. The standard InChI is InChI=1S/C19H19N5O2/c1-13-2-4-14(5-3-13)20-19(25)18-21-17-12-15(6-7-16(17)22-23-18)24-8-10-26-11-9-24/h2-7,12H,8-11H2,1H3,(H,20,25). The molecule has 7 heteroatoms. The number of carbonyl (C=O) groups is 1. The zero-order valence-corrected chi connectivity index (χ0v) is 14.5. The number of amides is 1. The van der Waals surface area contributed by atoms with E-state index in [0.29, 0.717) is 29.9 Å². The SMILES string of the molecule is Cc1ccc(NC(=O)c2nnc3ccc(N4CCOCC4)cc3n2)cc1. The van der Waals surface area contributed by atoms with E-state index < -0.39 is 0 Å². The maximum Gasteiger partial charge on any atom is 0.295 e. The molecule has 7 nitrogen and oxygen atoms in total. The molecule has 2 aromatic carbocycles. The first kappa shape index (κ1) is 16.4. The predicted octanol–water partition coefficient (Wildman–Crippen LogP) is 2.42. The maximum atomic E-state index is 12.4. The number of aromatic nitrogens is 3. The van der Waals surface area contributed by atoms with Crippen molar-refractivity contribution < 1.29 is 9.53 Å². The molecular formula is C19H19N5O2. The van der Waals surface area contributed by atoms with E-state index in [-0.39, 0.29) is 11.7 Å². The molecule has 0 spiro atoms. The van der Waals surface area contributed by atoms with Gasteiger partial charge >= 0.3 is 0 Å². The fraction of sp³-hybridized carbons (Fsp3) is 0.263. The Morgan fingerprint density at radius 2 is 1.81 bits per heavy atom. The first-order valence-corrected chi connectivity index (χ1v) is 8.54. The van der Waals surface area contributed by atoms with Gasteiger partial charge in [-0.25, -0.2) is 4.98 Å². The van der Waals surface area contributed by atoms with Crippen molar-refractivity contribution in [2.24, 2.45) is 0 Å². The van der Waals surface area contributed by atoms with Crippen LogP contribution in [0.2, 0.25) is 0 Å². The summed E-state index contributed by atoms with van der Waals surface area (Å²) in [4.78, 5) is 19.1. The van der Waals surface area contributed by atoms with Crippen molar-refractivity contribution in [1.82, 2.24) is 15.2 Å². The van der Waals surface area contributed by atoms with Gasteiger partial charge in [0.2, 0.25) is 5.82 Å². The summed E-state index contributed by atoms with van der Waals surface area (Å²) >= 11 is 0. The van der Waals surface area contributed by atoms with Crippen LogP contribution in [0.4, 0.5) is 11.4 Å². The summed E-state index contributed by atoms with van der Waals surface area (Å²) in [6.07, 6.45) is 0. The molecule has 1 aromatic heterocycles. The third kappa shape index (κ3) is 3.48. The minimum atomic E-state index is -0.375. The van der Waals surface area contributed by atoms with Crippen LogP contribution < -0.4 is 10.2 Å². The van der Waals surface area contributed by atoms with E-state index in [1.165, 1.54) is 0 Å². The van der Waals surface area contributed by atoms with E-state index >= 15 is 0 Å². The molecule has 1 fully saturated rings. The Bertz CT molecular complexity index is 936. The van der Waals surface area contributed by atoms with Crippen LogP contribution in [0.3, 0.4) is 0 Å². The second-order valence-electron chi connectivity index (χ2n) is 6.23. The lowest BCUT2D eigenvalue weighted by molar-refractivity contribution is 0.101. The molecule has 132 valence electrons. The summed E-state index contributed by atoms with van der Waals surface area (Å²) in [5.41, 5.74) is 4.19. The summed E-state index contributed by atoms with van der Waals surface area (Å²) in [5.74, 6) is -0.322. The topological polar surface area (TPSA) is 80.2 Å². The number of fused-ring (bicyclic) bond motifs is 1. The molecule has 1 N–H and O–H groups in total. The van der Waals surface area contributed by atoms with Gasteiger partial charge in [-0.3, -0.25) is 4.79 Å². The fourth-order valence-corrected chi connectivity index (χ4v) is 2.86. The number of nitrogens with one attached hydrogen (secondary N) is 1. The molecule has 0 bridgehead atoms. The molecule has 1 aliphatic rings. The number of morpholine rings is 1. The van der Waals surface area contributed by atoms with Gasteiger partial charge in [-0.15, -0.1) is 10.2 Å². The molecule has 0 saturated carbocycles. The van der Waals surface area contributed by atoms with E-state index in [0.717, 1.165) is 24.3 Å². The van der Waals surface area contributed by atoms with E-state index in [4.69, 9.17) is 4.74 Å². The average molecular weight is 349 g/mol. The first-order valence-electron chi connectivity index (χ1n) is 8.54. The number of benzene rings is 2. The number of hydrogen-bond donors (Lipinski definition) is 1. The van der Waals surface area contributed by atoms with Gasteiger partial charge in [-0.1, -0.05) is 17.7 Å². The fourth-order valence-electron chi connectivity index (χ4n) is 2.86. The highest BCUT2D eigenvalue weighted by atomic mass is 16.5. The zero-order chi connectivity index (χ0) is 17.9. The van der Waals surface area contributed by atoms with E-state index in [9.17, 15) is 4.79 Å². The van der Waals surface area contributed by atoms with Gasteiger partial charge in [-0.2, -0.15) is 0 Å². The number of carbonyl (C=O) groups excluding carboxylic acids is 1. The summed E-state index contributed by atoms with van der Waals surface area (Å²) < 4.78 is 5.39. The maximum absolute atomic E-state index is 12.4. The molecule has 0 atom stereocenters. The van der Waals surface area contributed by atoms with Crippen LogP contribution >= 0.6 is 0 Å². The van der Waals surface area contributed by atoms with Crippen LogP contribution in [0.5, 0.6) is 0 Å². The third-order valence-electron chi connectivity index (χ3n) is 4.33. The van der Waals surface area contributed by atoms with Crippen LogP contribution in [0.1, 0.15) is 16.2 Å². The molecule has 4 rings (SSSR count). The lowest BCUT2D eigenvalue weighted by Crippen LogP contribution is -2.36. The van der Waals surface area contributed by atoms with Gasteiger partial charge in [0, 0.05) is 24.5 Å². The summed E-state index contributed by atoms with van der Waals surface area (Å²) in [6.45, 7) is 5.10. The minimum absolute atomic E-state index is 0.0530. The Morgan fingerprint density at radius 3 is 2.58 bits per heavy atom. The number of nitrogens with zero attached hydrogens (tertiary/aromatic N) is 4. The Hall–Kier alpha value is -3.06. The normalized spacial score (nSPS) is 14.4. The average Bonchev–Trinajstić information content (AvgIpc) is 2.69. The van der Waals surface area contributed by atoms with E-state index in [1.807, 2.05) is 49.4 Å². The van der Waals surface area contributed by atoms with Crippen molar-refractivity contribution in [2.45, 2.75) is 6.92 Å². The lowest BCUT2D eigenvalue weighted by atomic mass is 10.2. The smallest absolute Gasteiger partial charge is 0.295 e. The number of anilines is 2. The molecule has 1 saturated heterocycles. The lowest BCUT2D eigenvalue weighted by Gasteiger charge is -2.28. The summed E-state index contributed by atoms with van der Waals surface area (Å²) in [5, 5.41) is 10.9. The second kappa shape index (κ2) is 7.05. The van der Waals surface area contributed by atoms with Gasteiger partial charge in [0.25, 0.3) is 5.91 Å². The Labute approximate surface area is 151 Å². The van der Waals surface area contributed by atoms with Crippen LogP contribution in [0, 0.1) is 6.92 Å². The van der Waals surface area contributed by atoms with Crippen molar-refractivity contribution in [2.75, 3.05) is 36.5 Å². The molecule has 0 unspecified atom stereocenters. The monoisotopic (exact) mass is 349 g/mol. The Kier molecular flexibility index (Phi) is 4.45. The number of rotatable bonds is 3.